The Bertz CT molecular complexity index is 458. The van der Waals surface area contributed by atoms with Crippen LogP contribution in [0, 0.1) is 0 Å². The molecule has 2 aliphatic rings. The summed E-state index contributed by atoms with van der Waals surface area (Å²) in [6.07, 6.45) is 0.841. The van der Waals surface area contributed by atoms with Crippen LogP contribution in [-0.2, 0) is 9.53 Å². The first-order chi connectivity index (χ1) is 9.36. The first-order valence-corrected chi connectivity index (χ1v) is 6.70. The van der Waals surface area contributed by atoms with Crippen LogP contribution in [0.3, 0.4) is 0 Å². The highest BCUT2D eigenvalue weighted by atomic mass is 16.5. The van der Waals surface area contributed by atoms with Crippen LogP contribution in [-0.4, -0.2) is 44.9 Å². The molecule has 1 aromatic carbocycles. The zero-order valence-corrected chi connectivity index (χ0v) is 10.8. The maximum Gasteiger partial charge on any atom is 0.246 e. The van der Waals surface area contributed by atoms with Crippen molar-refractivity contribution < 1.29 is 14.3 Å². The summed E-state index contributed by atoms with van der Waals surface area (Å²) in [4.78, 5) is 14.4. The maximum absolute atomic E-state index is 12.6. The summed E-state index contributed by atoms with van der Waals surface area (Å²) in [6.45, 7) is 3.17. The van der Waals surface area contributed by atoms with E-state index in [1.165, 1.54) is 0 Å². The van der Waals surface area contributed by atoms with Crippen molar-refractivity contribution in [2.45, 2.75) is 12.5 Å². The summed E-state index contributed by atoms with van der Waals surface area (Å²) in [7, 11) is 0. The smallest absolute Gasteiger partial charge is 0.246 e. The van der Waals surface area contributed by atoms with Crippen LogP contribution in [0.4, 0.5) is 5.69 Å². The van der Waals surface area contributed by atoms with Crippen LogP contribution < -0.4 is 15.0 Å². The van der Waals surface area contributed by atoms with E-state index in [-0.39, 0.29) is 11.9 Å². The van der Waals surface area contributed by atoms with Gasteiger partial charge in [0.2, 0.25) is 5.91 Å². The number of hydrogen-bond acceptors (Lipinski definition) is 4. The van der Waals surface area contributed by atoms with E-state index < -0.39 is 0 Å². The van der Waals surface area contributed by atoms with Crippen LogP contribution in [0.5, 0.6) is 5.75 Å². The van der Waals surface area contributed by atoms with Gasteiger partial charge in [-0.3, -0.25) is 4.79 Å². The van der Waals surface area contributed by atoms with Crippen molar-refractivity contribution >= 4 is 11.6 Å². The number of nitrogens with one attached hydrogen (secondary N) is 1. The highest BCUT2D eigenvalue weighted by Gasteiger charge is 2.29. The number of ether oxygens (including phenoxy) is 2. The summed E-state index contributed by atoms with van der Waals surface area (Å²) in [5.41, 5.74) is 0.859. The summed E-state index contributed by atoms with van der Waals surface area (Å²) in [5, 5.41) is 3.21. The molecule has 1 unspecified atom stereocenters. The lowest BCUT2D eigenvalue weighted by Crippen LogP contribution is -2.52. The molecule has 0 aliphatic carbocycles. The molecule has 1 atom stereocenters. The van der Waals surface area contributed by atoms with Crippen molar-refractivity contribution in [3.8, 4) is 5.75 Å². The van der Waals surface area contributed by atoms with E-state index in [0.29, 0.717) is 26.4 Å². The number of morpholine rings is 1. The normalized spacial score (nSPS) is 23.2. The molecule has 3 rings (SSSR count). The van der Waals surface area contributed by atoms with Gasteiger partial charge in [0.25, 0.3) is 0 Å². The van der Waals surface area contributed by atoms with Crippen LogP contribution in [0.2, 0.25) is 0 Å². The van der Waals surface area contributed by atoms with Crippen molar-refractivity contribution in [2.75, 3.05) is 37.8 Å². The number of carbonyl (C=O) groups is 1. The predicted molar refractivity (Wildman–Crippen MR) is 71.5 cm³/mol. The molecule has 102 valence electrons. The maximum atomic E-state index is 12.6. The van der Waals surface area contributed by atoms with E-state index in [1.807, 2.05) is 29.2 Å². The highest BCUT2D eigenvalue weighted by molar-refractivity contribution is 5.98. The number of fused-ring (bicyclic) bond motifs is 1. The van der Waals surface area contributed by atoms with Gasteiger partial charge in [-0.05, 0) is 18.6 Å². The van der Waals surface area contributed by atoms with Gasteiger partial charge in [0.05, 0.1) is 25.5 Å². The fraction of sp³-hybridized carbons (Fsp3) is 0.500. The monoisotopic (exact) mass is 262 g/mol. The first-order valence-electron chi connectivity index (χ1n) is 6.70. The van der Waals surface area contributed by atoms with Gasteiger partial charge in [-0.25, -0.2) is 0 Å². The molecule has 0 aromatic heterocycles. The second-order valence-corrected chi connectivity index (χ2v) is 4.74. The van der Waals surface area contributed by atoms with Crippen molar-refractivity contribution in [1.29, 1.82) is 0 Å². The molecule has 0 radical (unpaired) electrons. The van der Waals surface area contributed by atoms with Gasteiger partial charge in [-0.15, -0.1) is 0 Å². The molecule has 0 bridgehead atoms. The van der Waals surface area contributed by atoms with E-state index >= 15 is 0 Å². The molecule has 1 fully saturated rings. The van der Waals surface area contributed by atoms with Crippen molar-refractivity contribution in [3.05, 3.63) is 24.3 Å². The third kappa shape index (κ3) is 2.57. The molecular formula is C14H18N2O3. The van der Waals surface area contributed by atoms with Gasteiger partial charge in [0.1, 0.15) is 11.8 Å². The third-order valence-electron chi connectivity index (χ3n) is 3.43. The Kier molecular flexibility index (Phi) is 3.66. The zero-order chi connectivity index (χ0) is 13.1. The minimum atomic E-state index is -0.250. The minimum absolute atomic E-state index is 0.0673. The van der Waals surface area contributed by atoms with Crippen LogP contribution in [0.15, 0.2) is 24.3 Å². The Morgan fingerprint density at radius 2 is 2.21 bits per heavy atom. The number of rotatable bonds is 1. The van der Waals surface area contributed by atoms with Crippen LogP contribution in [0.1, 0.15) is 6.42 Å². The van der Waals surface area contributed by atoms with Gasteiger partial charge in [0, 0.05) is 13.1 Å². The van der Waals surface area contributed by atoms with Gasteiger partial charge >= 0.3 is 0 Å². The number of anilines is 1. The van der Waals surface area contributed by atoms with Gasteiger partial charge in [-0.1, -0.05) is 12.1 Å². The molecule has 1 saturated heterocycles. The van der Waals surface area contributed by atoms with Crippen molar-refractivity contribution in [3.63, 3.8) is 0 Å². The molecule has 1 amide bonds. The topological polar surface area (TPSA) is 50.8 Å². The average Bonchev–Trinajstić information content (AvgIpc) is 2.70. The van der Waals surface area contributed by atoms with Gasteiger partial charge < -0.3 is 19.7 Å². The molecule has 5 heteroatoms. The summed E-state index contributed by atoms with van der Waals surface area (Å²) < 4.78 is 11.0. The second kappa shape index (κ2) is 5.59. The Labute approximate surface area is 112 Å². The number of nitrogens with zero attached hydrogens (tertiary/aromatic N) is 1. The van der Waals surface area contributed by atoms with Gasteiger partial charge in [-0.2, -0.15) is 0 Å². The van der Waals surface area contributed by atoms with E-state index in [9.17, 15) is 4.79 Å². The van der Waals surface area contributed by atoms with Crippen molar-refractivity contribution in [1.82, 2.24) is 5.32 Å². The van der Waals surface area contributed by atoms with Crippen molar-refractivity contribution in [2.24, 2.45) is 0 Å². The molecule has 19 heavy (non-hydrogen) atoms. The quantitative estimate of drug-likeness (QED) is 0.813. The minimum Gasteiger partial charge on any atom is -0.491 e. The van der Waals surface area contributed by atoms with Crippen LogP contribution in [0.25, 0.3) is 0 Å². The SMILES string of the molecule is O=C(C1COCCN1)N1CCCOc2ccccc21. The molecule has 1 N–H and O–H groups in total. The summed E-state index contributed by atoms with van der Waals surface area (Å²) >= 11 is 0. The molecule has 5 nitrogen and oxygen atoms in total. The lowest BCUT2D eigenvalue weighted by Gasteiger charge is -2.29. The Morgan fingerprint density at radius 1 is 1.32 bits per heavy atom. The van der Waals surface area contributed by atoms with E-state index in [4.69, 9.17) is 9.47 Å². The molecule has 1 aromatic rings. The Hall–Kier alpha value is -1.59. The molecule has 0 saturated carbocycles. The van der Waals surface area contributed by atoms with Crippen LogP contribution >= 0.6 is 0 Å². The van der Waals surface area contributed by atoms with E-state index in [0.717, 1.165) is 24.4 Å². The summed E-state index contributed by atoms with van der Waals surface area (Å²) in [5.74, 6) is 0.850. The van der Waals surface area contributed by atoms with E-state index in [1.54, 1.807) is 0 Å². The molecule has 0 spiro atoms. The largest absolute Gasteiger partial charge is 0.491 e. The zero-order valence-electron chi connectivity index (χ0n) is 10.8. The predicted octanol–water partition coefficient (Wildman–Crippen LogP) is 0.790. The Balaban J connectivity index is 1.84. The van der Waals surface area contributed by atoms with Gasteiger partial charge in [0.15, 0.2) is 0 Å². The molecule has 2 heterocycles. The molecule has 2 aliphatic heterocycles. The number of carbonyl (C=O) groups excluding carboxylic acids is 1. The standard InChI is InChI=1S/C14H18N2O3/c17-14(11-10-18-9-6-15-11)16-7-3-8-19-13-5-2-1-4-12(13)16/h1-2,4-5,11,15H,3,6-10H2. The third-order valence-corrected chi connectivity index (χ3v) is 3.43. The Morgan fingerprint density at radius 3 is 3.05 bits per heavy atom. The second-order valence-electron chi connectivity index (χ2n) is 4.74. The number of benzene rings is 1. The lowest BCUT2D eigenvalue weighted by atomic mass is 10.2. The fourth-order valence-electron chi connectivity index (χ4n) is 2.47. The van der Waals surface area contributed by atoms with E-state index in [2.05, 4.69) is 5.32 Å². The number of para-hydroxylation sites is 2. The first kappa shape index (κ1) is 12.4. The lowest BCUT2D eigenvalue weighted by molar-refractivity contribution is -0.123. The highest BCUT2D eigenvalue weighted by Crippen LogP contribution is 2.30. The number of amides is 1. The fourth-order valence-corrected chi connectivity index (χ4v) is 2.47. The number of hydrogen-bond donors (Lipinski definition) is 1. The average molecular weight is 262 g/mol. The molecular weight excluding hydrogens is 244 g/mol. The summed E-state index contributed by atoms with van der Waals surface area (Å²) in [6, 6.07) is 7.45.